The first-order valence-corrected chi connectivity index (χ1v) is 9.44. The fourth-order valence-electron chi connectivity index (χ4n) is 2.39. The van der Waals surface area contributed by atoms with Crippen molar-refractivity contribution in [1.29, 1.82) is 0 Å². The Morgan fingerprint density at radius 1 is 1.31 bits per heavy atom. The van der Waals surface area contributed by atoms with Gasteiger partial charge in [-0.15, -0.1) is 11.3 Å². The number of nitrogens with zero attached hydrogens (tertiary/aromatic N) is 1. The van der Waals surface area contributed by atoms with Crippen molar-refractivity contribution in [2.75, 3.05) is 12.4 Å². The predicted octanol–water partition coefficient (Wildman–Crippen LogP) is 2.97. The molecule has 0 bridgehead atoms. The molecule has 3 rings (SSSR count). The molecule has 2 aromatic heterocycles. The molecule has 9 nitrogen and oxygen atoms in total. The Morgan fingerprint density at radius 2 is 2.07 bits per heavy atom. The first-order chi connectivity index (χ1) is 13.9. The predicted molar refractivity (Wildman–Crippen MR) is 108 cm³/mol. The number of hydrogen-bond donors (Lipinski definition) is 4. The molecule has 0 fully saturated rings. The van der Waals surface area contributed by atoms with E-state index in [2.05, 4.69) is 25.3 Å². The molecule has 1 aromatic carbocycles. The SMILES string of the molecule is COC(=O)c1nc(-c2sccc2NC(=O)NCc2ccccc2Cl)[nH]c(=O)c1O. The summed E-state index contributed by atoms with van der Waals surface area (Å²) in [6, 6.07) is 8.22. The molecule has 0 radical (unpaired) electrons. The monoisotopic (exact) mass is 434 g/mol. The molecule has 29 heavy (non-hydrogen) atoms. The van der Waals surface area contributed by atoms with Gasteiger partial charge >= 0.3 is 12.0 Å². The van der Waals surface area contributed by atoms with Gasteiger partial charge in [-0.05, 0) is 23.1 Å². The number of anilines is 1. The van der Waals surface area contributed by atoms with Crippen LogP contribution in [-0.4, -0.2) is 34.2 Å². The number of carbonyl (C=O) groups excluding carboxylic acids is 2. The smallest absolute Gasteiger partial charge is 0.360 e. The van der Waals surface area contributed by atoms with Crippen LogP contribution in [0.25, 0.3) is 10.7 Å². The minimum Gasteiger partial charge on any atom is -0.501 e. The summed E-state index contributed by atoms with van der Waals surface area (Å²) in [5, 5.41) is 17.3. The van der Waals surface area contributed by atoms with Crippen molar-refractivity contribution in [1.82, 2.24) is 15.3 Å². The van der Waals surface area contributed by atoms with E-state index in [1.165, 1.54) is 11.3 Å². The van der Waals surface area contributed by atoms with Crippen molar-refractivity contribution < 1.29 is 19.4 Å². The third-order valence-corrected chi connectivity index (χ3v) is 5.09. The molecule has 0 saturated carbocycles. The number of benzene rings is 1. The van der Waals surface area contributed by atoms with Crippen LogP contribution in [0.3, 0.4) is 0 Å². The van der Waals surface area contributed by atoms with Gasteiger partial charge < -0.3 is 25.5 Å². The van der Waals surface area contributed by atoms with Crippen LogP contribution in [0.5, 0.6) is 5.75 Å². The molecule has 4 N–H and O–H groups in total. The summed E-state index contributed by atoms with van der Waals surface area (Å²) >= 11 is 7.24. The summed E-state index contributed by atoms with van der Waals surface area (Å²) in [4.78, 5) is 42.7. The Morgan fingerprint density at radius 3 is 2.79 bits per heavy atom. The third-order valence-electron chi connectivity index (χ3n) is 3.80. The Hall–Kier alpha value is -3.37. The Bertz CT molecular complexity index is 1130. The third kappa shape index (κ3) is 4.55. The minimum atomic E-state index is -0.960. The van der Waals surface area contributed by atoms with Gasteiger partial charge in [0, 0.05) is 11.6 Å². The van der Waals surface area contributed by atoms with Gasteiger partial charge in [0.25, 0.3) is 5.56 Å². The minimum absolute atomic E-state index is 0.00426. The number of methoxy groups -OCH3 is 1. The molecule has 0 aliphatic rings. The van der Waals surface area contributed by atoms with E-state index in [1.54, 1.807) is 29.6 Å². The molecule has 0 unspecified atom stereocenters. The Labute approximate surface area is 173 Å². The van der Waals surface area contributed by atoms with Gasteiger partial charge in [0.05, 0.1) is 17.7 Å². The molecule has 11 heteroatoms. The second-order valence-electron chi connectivity index (χ2n) is 5.67. The average Bonchev–Trinajstić information content (AvgIpc) is 3.16. The maximum absolute atomic E-state index is 12.3. The van der Waals surface area contributed by atoms with Crippen LogP contribution in [0.2, 0.25) is 5.02 Å². The molecule has 0 aliphatic carbocycles. The zero-order valence-corrected chi connectivity index (χ0v) is 16.6. The van der Waals surface area contributed by atoms with Crippen LogP contribution in [-0.2, 0) is 11.3 Å². The van der Waals surface area contributed by atoms with Crippen molar-refractivity contribution in [3.63, 3.8) is 0 Å². The zero-order valence-electron chi connectivity index (χ0n) is 15.0. The summed E-state index contributed by atoms with van der Waals surface area (Å²) in [6.45, 7) is 0.214. The summed E-state index contributed by atoms with van der Waals surface area (Å²) in [5.74, 6) is -1.80. The number of H-pyrrole nitrogens is 1. The van der Waals surface area contributed by atoms with Gasteiger partial charge in [0.2, 0.25) is 5.75 Å². The molecule has 0 atom stereocenters. The molecular weight excluding hydrogens is 420 g/mol. The van der Waals surface area contributed by atoms with Crippen molar-refractivity contribution in [3.8, 4) is 16.5 Å². The maximum Gasteiger partial charge on any atom is 0.360 e. The number of urea groups is 1. The summed E-state index contributed by atoms with van der Waals surface area (Å²) < 4.78 is 4.52. The number of aromatic amines is 1. The molecular formula is C18H15ClN4O5S. The first kappa shape index (κ1) is 20.4. The quantitative estimate of drug-likeness (QED) is 0.456. The van der Waals surface area contributed by atoms with E-state index in [4.69, 9.17) is 11.6 Å². The molecule has 150 valence electrons. The van der Waals surface area contributed by atoms with Crippen LogP contribution < -0.4 is 16.2 Å². The fourth-order valence-corrected chi connectivity index (χ4v) is 3.39. The van der Waals surface area contributed by atoms with Gasteiger partial charge in [0.15, 0.2) is 11.5 Å². The second kappa shape index (κ2) is 8.76. The normalized spacial score (nSPS) is 10.4. The lowest BCUT2D eigenvalue weighted by Gasteiger charge is -2.10. The number of aromatic hydroxyl groups is 1. The number of esters is 1. The van der Waals surface area contributed by atoms with Gasteiger partial charge in [-0.1, -0.05) is 29.8 Å². The molecule has 2 amide bonds. The van der Waals surface area contributed by atoms with Crippen molar-refractivity contribution >= 4 is 40.6 Å². The van der Waals surface area contributed by atoms with E-state index in [0.717, 1.165) is 12.7 Å². The summed E-state index contributed by atoms with van der Waals surface area (Å²) in [7, 11) is 1.10. The highest BCUT2D eigenvalue weighted by Gasteiger charge is 2.21. The zero-order chi connectivity index (χ0) is 21.0. The van der Waals surface area contributed by atoms with Crippen molar-refractivity contribution in [3.05, 3.63) is 62.3 Å². The van der Waals surface area contributed by atoms with Crippen LogP contribution in [0.4, 0.5) is 10.5 Å². The van der Waals surface area contributed by atoms with Crippen LogP contribution in [0.15, 0.2) is 40.5 Å². The number of aromatic nitrogens is 2. The number of hydrogen-bond acceptors (Lipinski definition) is 7. The largest absolute Gasteiger partial charge is 0.501 e. The number of ether oxygens (including phenoxy) is 1. The van der Waals surface area contributed by atoms with E-state index in [-0.39, 0.29) is 12.4 Å². The van der Waals surface area contributed by atoms with Gasteiger partial charge in [-0.2, -0.15) is 0 Å². The number of thiophene rings is 1. The molecule has 0 spiro atoms. The lowest BCUT2D eigenvalue weighted by Crippen LogP contribution is -2.28. The highest BCUT2D eigenvalue weighted by atomic mass is 35.5. The topological polar surface area (TPSA) is 133 Å². The van der Waals surface area contributed by atoms with Gasteiger partial charge in [-0.25, -0.2) is 14.6 Å². The highest BCUT2D eigenvalue weighted by molar-refractivity contribution is 7.14. The van der Waals surface area contributed by atoms with Crippen LogP contribution in [0, 0.1) is 0 Å². The van der Waals surface area contributed by atoms with E-state index in [0.29, 0.717) is 15.6 Å². The van der Waals surface area contributed by atoms with Crippen molar-refractivity contribution in [2.24, 2.45) is 0 Å². The summed E-state index contributed by atoms with van der Waals surface area (Å²) in [5.41, 5.74) is -0.315. The molecule has 0 aliphatic heterocycles. The average molecular weight is 435 g/mol. The van der Waals surface area contributed by atoms with Gasteiger partial charge in [-0.3, -0.25) is 4.79 Å². The molecule has 3 aromatic rings. The van der Waals surface area contributed by atoms with E-state index in [9.17, 15) is 19.5 Å². The Kier molecular flexibility index (Phi) is 6.15. The number of nitrogens with one attached hydrogen (secondary N) is 3. The van der Waals surface area contributed by atoms with Crippen molar-refractivity contribution in [2.45, 2.75) is 6.54 Å². The van der Waals surface area contributed by atoms with Gasteiger partial charge in [0.1, 0.15) is 0 Å². The fraction of sp³-hybridized carbons (Fsp3) is 0.111. The number of rotatable bonds is 5. The molecule has 0 saturated heterocycles. The lowest BCUT2D eigenvalue weighted by atomic mass is 10.2. The number of halogens is 1. The standard InChI is InChI=1S/C18H15ClN4O5S/c1-28-17(26)12-13(24)16(25)23-15(22-12)14-11(6-7-29-14)21-18(27)20-8-9-4-2-3-5-10(9)19/h2-7,24H,8H2,1H3,(H2,20,21,27)(H,22,23,25). The number of amides is 2. The second-order valence-corrected chi connectivity index (χ2v) is 6.99. The van der Waals surface area contributed by atoms with Crippen LogP contribution >= 0.6 is 22.9 Å². The van der Waals surface area contributed by atoms with E-state index in [1.807, 2.05) is 6.07 Å². The summed E-state index contributed by atoms with van der Waals surface area (Å²) in [6.07, 6.45) is 0. The Balaban J connectivity index is 1.80. The lowest BCUT2D eigenvalue weighted by molar-refractivity contribution is 0.0590. The number of carbonyl (C=O) groups is 2. The highest BCUT2D eigenvalue weighted by Crippen LogP contribution is 2.31. The van der Waals surface area contributed by atoms with E-state index < -0.39 is 29.0 Å². The van der Waals surface area contributed by atoms with Crippen LogP contribution in [0.1, 0.15) is 16.1 Å². The van der Waals surface area contributed by atoms with E-state index >= 15 is 0 Å². The first-order valence-electron chi connectivity index (χ1n) is 8.18. The maximum atomic E-state index is 12.3. The molecule has 2 heterocycles.